The molecule has 0 spiro atoms. The Morgan fingerprint density at radius 2 is 0.692 bits per heavy atom. The first-order valence-corrected chi connectivity index (χ1v) is 3.03. The Hall–Kier alpha value is 0.959. The van der Waals surface area contributed by atoms with Crippen molar-refractivity contribution in [2.24, 2.45) is 0 Å². The summed E-state index contributed by atoms with van der Waals surface area (Å²) < 4.78 is 0. The van der Waals surface area contributed by atoms with Crippen LogP contribution < -0.4 is 0 Å². The quantitative estimate of drug-likeness (QED) is 0.299. The molecule has 0 rings (SSSR count). The van der Waals surface area contributed by atoms with Crippen molar-refractivity contribution in [1.29, 1.82) is 0 Å². The molecule has 13 heavy (non-hydrogen) atoms. The van der Waals surface area contributed by atoms with Crippen LogP contribution in [0, 0.1) is 14.9 Å². The molecule has 94 valence electrons. The molecule has 2 nitrogen and oxygen atoms in total. The van der Waals surface area contributed by atoms with Gasteiger partial charge in [0.05, 0.1) is 0 Å². The van der Waals surface area contributed by atoms with Crippen molar-refractivity contribution >= 4 is 0 Å². The summed E-state index contributed by atoms with van der Waals surface area (Å²) >= 11 is 0. The van der Waals surface area contributed by atoms with E-state index in [0.29, 0.717) is 0 Å². The van der Waals surface area contributed by atoms with Crippen molar-refractivity contribution < 1.29 is 44.7 Å². The van der Waals surface area contributed by atoms with Crippen LogP contribution in [-0.2, 0) is 34.1 Å². The second-order valence-electron chi connectivity index (χ2n) is 1.41. The van der Waals surface area contributed by atoms with Crippen LogP contribution in [0.5, 0.6) is 0 Å². The van der Waals surface area contributed by atoms with Gasteiger partial charge >= 0.3 is 0 Å². The Labute approximate surface area is 107 Å². The van der Waals surface area contributed by atoms with Crippen LogP contribution in [0.4, 0.5) is 0 Å². The first-order chi connectivity index (χ1) is 3.83. The number of rotatable bonds is 0. The van der Waals surface area contributed by atoms with Gasteiger partial charge in [0.1, 0.15) is 0 Å². The molecule has 4 heteroatoms. The largest absolute Gasteiger partial charge is 0.358 e. The fourth-order valence-electron chi connectivity index (χ4n) is 0. The van der Waals surface area contributed by atoms with Crippen LogP contribution >= 0.6 is 0 Å². The predicted molar refractivity (Wildman–Crippen MR) is 56.7 cm³/mol. The topological polar surface area (TPSA) is 40.5 Å². The Balaban J connectivity index is -0.00000000409. The van der Waals surface area contributed by atoms with E-state index in [9.17, 15) is 0 Å². The molecule has 0 fully saturated rings. The first kappa shape index (κ1) is 66.0. The van der Waals surface area contributed by atoms with Gasteiger partial charge in [-0.25, -0.2) is 0 Å². The summed E-state index contributed by atoms with van der Waals surface area (Å²) in [6.45, 7) is 8.50. The Kier molecular flexibility index (Phi) is 1070. The second-order valence-corrected chi connectivity index (χ2v) is 1.41. The number of hydrogen-bond acceptors (Lipinski definition) is 2. The van der Waals surface area contributed by atoms with Gasteiger partial charge in [0.2, 0.25) is 0 Å². The van der Waals surface area contributed by atoms with E-state index in [1.165, 1.54) is 12.8 Å². The van der Waals surface area contributed by atoms with Crippen molar-refractivity contribution in [1.82, 2.24) is 0 Å². The van der Waals surface area contributed by atoms with E-state index in [2.05, 4.69) is 27.7 Å². The van der Waals surface area contributed by atoms with E-state index < -0.39 is 0 Å². The van der Waals surface area contributed by atoms with E-state index >= 15 is 0 Å². The molecule has 0 amide bonds. The van der Waals surface area contributed by atoms with Crippen molar-refractivity contribution in [2.45, 2.75) is 48.0 Å². The molecule has 0 bridgehead atoms. The maximum atomic E-state index is 6.00. The molecule has 0 radical (unpaired) electrons. The SMILES string of the molecule is C.CCC.CCC.OO.[CH3-].[CH3-].[Fe].[Fe]. The van der Waals surface area contributed by atoms with Gasteiger partial charge in [0.25, 0.3) is 0 Å². The molecule has 0 aliphatic rings. The van der Waals surface area contributed by atoms with Crippen molar-refractivity contribution in [2.75, 3.05) is 0 Å². The molecule has 0 aromatic carbocycles. The zero-order chi connectivity index (χ0) is 7.41. The summed E-state index contributed by atoms with van der Waals surface area (Å²) in [7, 11) is 0. The fraction of sp³-hybridized carbons (Fsp3) is 0.778. The van der Waals surface area contributed by atoms with E-state index in [-0.39, 0.29) is 56.4 Å². The van der Waals surface area contributed by atoms with Crippen LogP contribution in [0.3, 0.4) is 0 Å². The van der Waals surface area contributed by atoms with Crippen LogP contribution in [0.1, 0.15) is 48.0 Å². The van der Waals surface area contributed by atoms with Crippen LogP contribution in [0.15, 0.2) is 0 Å². The van der Waals surface area contributed by atoms with Crippen LogP contribution in [0.2, 0.25) is 0 Å². The summed E-state index contributed by atoms with van der Waals surface area (Å²) in [5, 5.41) is 12.0. The van der Waals surface area contributed by atoms with Gasteiger partial charge in [-0.05, 0) is 0 Å². The summed E-state index contributed by atoms with van der Waals surface area (Å²) in [6.07, 6.45) is 2.50. The summed E-state index contributed by atoms with van der Waals surface area (Å²) in [6, 6.07) is 0. The van der Waals surface area contributed by atoms with Gasteiger partial charge < -0.3 is 14.9 Å². The van der Waals surface area contributed by atoms with Gasteiger partial charge in [-0.15, -0.1) is 0 Å². The predicted octanol–water partition coefficient (Wildman–Crippen LogP) is 4.38. The molecule has 0 saturated carbocycles. The Morgan fingerprint density at radius 3 is 0.692 bits per heavy atom. The minimum atomic E-state index is 0. The standard InChI is InChI=1S/2C3H8.CH4.2CH3.2Fe.H2O2/c2*1-3-2;;;;;;1-2/h2*3H2,1-2H3;1H4;2*1H3;;;1-2H/q;;;2*-1;;;. The summed E-state index contributed by atoms with van der Waals surface area (Å²) in [4.78, 5) is 0. The van der Waals surface area contributed by atoms with E-state index in [0.717, 1.165) is 0 Å². The smallest absolute Gasteiger partial charge is 0 e. The molecule has 2 N–H and O–H groups in total. The zero-order valence-corrected chi connectivity index (χ0v) is 11.2. The average Bonchev–Trinajstić information content (AvgIpc) is 1.75. The Morgan fingerprint density at radius 1 is 0.692 bits per heavy atom. The minimum Gasteiger partial charge on any atom is -0.358 e. The van der Waals surface area contributed by atoms with Crippen molar-refractivity contribution in [3.8, 4) is 0 Å². The summed E-state index contributed by atoms with van der Waals surface area (Å²) in [5.41, 5.74) is 0. The van der Waals surface area contributed by atoms with Gasteiger partial charge in [-0.3, -0.25) is 10.5 Å². The van der Waals surface area contributed by atoms with Gasteiger partial charge in [0, 0.05) is 34.1 Å². The van der Waals surface area contributed by atoms with Crippen molar-refractivity contribution in [3.05, 3.63) is 14.9 Å². The van der Waals surface area contributed by atoms with Crippen LogP contribution in [-0.4, -0.2) is 10.5 Å². The molecule has 0 aromatic heterocycles. The van der Waals surface area contributed by atoms with Gasteiger partial charge in [-0.1, -0.05) is 48.0 Å². The zero-order valence-electron chi connectivity index (χ0n) is 9.02. The van der Waals surface area contributed by atoms with Gasteiger partial charge in [-0.2, -0.15) is 0 Å². The third-order valence-electron chi connectivity index (χ3n) is 0. The molecular formula is C9H28Fe2O2-2. The van der Waals surface area contributed by atoms with Crippen LogP contribution in [0.25, 0.3) is 0 Å². The third-order valence-corrected chi connectivity index (χ3v) is 0. The Bertz CT molecular complexity index is 17.6. The molecule has 0 unspecified atom stereocenters. The third kappa shape index (κ3) is 1690. The number of hydrogen-bond donors (Lipinski definition) is 2. The molecule has 0 atom stereocenters. The first-order valence-electron chi connectivity index (χ1n) is 3.03. The maximum Gasteiger partial charge on any atom is 0 e. The molecule has 0 aliphatic heterocycles. The molecule has 0 aromatic rings. The van der Waals surface area contributed by atoms with E-state index in [1.54, 1.807) is 0 Å². The molecule has 0 heterocycles. The second kappa shape index (κ2) is 212. The average molecular weight is 280 g/mol. The molecular weight excluding hydrogens is 252 g/mol. The van der Waals surface area contributed by atoms with Gasteiger partial charge in [0.15, 0.2) is 0 Å². The van der Waals surface area contributed by atoms with E-state index in [4.69, 9.17) is 10.5 Å². The van der Waals surface area contributed by atoms with Crippen molar-refractivity contribution in [3.63, 3.8) is 0 Å². The summed E-state index contributed by atoms with van der Waals surface area (Å²) in [5.74, 6) is 0. The maximum absolute atomic E-state index is 6.00. The van der Waals surface area contributed by atoms with E-state index in [1.807, 2.05) is 0 Å². The molecule has 0 saturated heterocycles. The minimum absolute atomic E-state index is 0. The molecule has 0 aliphatic carbocycles. The monoisotopic (exact) mass is 280 g/mol. The normalized spacial score (nSPS) is 3.23. The fourth-order valence-corrected chi connectivity index (χ4v) is 0.